The molecule has 0 radical (unpaired) electrons. The summed E-state index contributed by atoms with van der Waals surface area (Å²) in [5, 5.41) is 0. The van der Waals surface area contributed by atoms with Crippen molar-refractivity contribution in [1.29, 1.82) is 0 Å². The molecule has 82 valence electrons. The minimum Gasteiger partial charge on any atom is -0.497 e. The maximum absolute atomic E-state index is 5.19. The first-order valence-corrected chi connectivity index (χ1v) is 5.48. The zero-order chi connectivity index (χ0) is 11.1. The molecule has 0 fully saturated rings. The van der Waals surface area contributed by atoms with Gasteiger partial charge in [0.1, 0.15) is 5.75 Å². The maximum atomic E-state index is 5.19. The van der Waals surface area contributed by atoms with Crippen molar-refractivity contribution in [2.75, 3.05) is 7.11 Å². The van der Waals surface area contributed by atoms with Crippen LogP contribution in [-0.4, -0.2) is 7.11 Å². The Hall–Kier alpha value is -1.24. The van der Waals surface area contributed by atoms with Crippen LogP contribution in [-0.2, 0) is 6.42 Å². The zero-order valence-electron chi connectivity index (χ0n) is 9.92. The highest BCUT2D eigenvalue weighted by Crippen LogP contribution is 2.14. The minimum absolute atomic E-state index is 0.953. The predicted molar refractivity (Wildman–Crippen MR) is 65.4 cm³/mol. The molecule has 0 saturated heterocycles. The Labute approximate surface area is 92.8 Å². The first kappa shape index (κ1) is 11.8. The average Bonchev–Trinajstić information content (AvgIpc) is 2.24. The number of hydrogen-bond acceptors (Lipinski definition) is 1. The van der Waals surface area contributed by atoms with E-state index in [1.807, 2.05) is 6.07 Å². The number of hydrogen-bond donors (Lipinski definition) is 0. The highest BCUT2D eigenvalue weighted by atomic mass is 16.5. The molecule has 0 amide bonds. The average molecular weight is 204 g/mol. The van der Waals surface area contributed by atoms with E-state index in [0.717, 1.165) is 12.2 Å². The molecule has 1 nitrogen and oxygen atoms in total. The van der Waals surface area contributed by atoms with E-state index in [1.165, 1.54) is 24.0 Å². The number of ether oxygens (including phenoxy) is 1. The second kappa shape index (κ2) is 6.28. The number of rotatable bonds is 5. The van der Waals surface area contributed by atoms with Crippen molar-refractivity contribution in [2.24, 2.45) is 0 Å². The van der Waals surface area contributed by atoms with Crippen LogP contribution in [0.3, 0.4) is 0 Å². The summed E-state index contributed by atoms with van der Waals surface area (Å²) >= 11 is 0. The molecule has 0 aliphatic heterocycles. The van der Waals surface area contributed by atoms with Gasteiger partial charge in [0.05, 0.1) is 7.11 Å². The van der Waals surface area contributed by atoms with Gasteiger partial charge in [-0.1, -0.05) is 23.8 Å². The van der Waals surface area contributed by atoms with Crippen LogP contribution in [0.25, 0.3) is 0 Å². The minimum atomic E-state index is 0.953. The Morgan fingerprint density at radius 2 is 2.13 bits per heavy atom. The summed E-state index contributed by atoms with van der Waals surface area (Å²) in [6.45, 7) is 4.29. The highest BCUT2D eigenvalue weighted by Gasteiger charge is 1.95. The van der Waals surface area contributed by atoms with Gasteiger partial charge < -0.3 is 4.74 Å². The van der Waals surface area contributed by atoms with E-state index in [4.69, 9.17) is 4.74 Å². The van der Waals surface area contributed by atoms with E-state index in [9.17, 15) is 0 Å². The Bertz CT molecular complexity index is 322. The van der Waals surface area contributed by atoms with Crippen LogP contribution >= 0.6 is 0 Å². The van der Waals surface area contributed by atoms with E-state index < -0.39 is 0 Å². The van der Waals surface area contributed by atoms with E-state index in [1.54, 1.807) is 7.11 Å². The molecule has 1 aromatic carbocycles. The van der Waals surface area contributed by atoms with E-state index >= 15 is 0 Å². The second-order valence-electron chi connectivity index (χ2n) is 4.03. The molecule has 0 saturated carbocycles. The third-order valence-electron chi connectivity index (χ3n) is 2.36. The first-order chi connectivity index (χ1) is 7.22. The van der Waals surface area contributed by atoms with E-state index in [2.05, 4.69) is 38.1 Å². The Morgan fingerprint density at radius 3 is 2.80 bits per heavy atom. The van der Waals surface area contributed by atoms with Gasteiger partial charge in [-0.3, -0.25) is 0 Å². The van der Waals surface area contributed by atoms with Gasteiger partial charge in [-0.05, 0) is 50.8 Å². The summed E-state index contributed by atoms with van der Waals surface area (Å²) in [7, 11) is 1.71. The molecule has 0 aliphatic rings. The molecule has 0 spiro atoms. The van der Waals surface area contributed by atoms with Gasteiger partial charge in [0.2, 0.25) is 0 Å². The summed E-state index contributed by atoms with van der Waals surface area (Å²) in [4.78, 5) is 0. The fourth-order valence-electron chi connectivity index (χ4n) is 1.52. The fraction of sp³-hybridized carbons (Fsp3) is 0.429. The molecule has 0 aliphatic carbocycles. The standard InChI is InChI=1S/C14H20O/c1-12(2)7-4-5-8-13-9-6-10-14(11-13)15-3/h6-7,9-11H,4-5,8H2,1-3H3. The third kappa shape index (κ3) is 4.68. The topological polar surface area (TPSA) is 9.23 Å². The van der Waals surface area contributed by atoms with E-state index in [0.29, 0.717) is 0 Å². The molecule has 0 bridgehead atoms. The molecule has 1 aromatic rings. The number of allylic oxidation sites excluding steroid dienone is 2. The predicted octanol–water partition coefficient (Wildman–Crippen LogP) is 3.98. The molecule has 1 rings (SSSR count). The fourth-order valence-corrected chi connectivity index (χ4v) is 1.52. The number of aryl methyl sites for hydroxylation is 1. The number of unbranched alkanes of at least 4 members (excludes halogenated alkanes) is 1. The number of methoxy groups -OCH3 is 1. The lowest BCUT2D eigenvalue weighted by molar-refractivity contribution is 0.414. The summed E-state index contributed by atoms with van der Waals surface area (Å²) in [6.07, 6.45) is 5.79. The quantitative estimate of drug-likeness (QED) is 0.520. The Balaban J connectivity index is 2.40. The van der Waals surface area contributed by atoms with Gasteiger partial charge in [0, 0.05) is 0 Å². The Kier molecular flexibility index (Phi) is 4.96. The number of benzene rings is 1. The maximum Gasteiger partial charge on any atom is 0.119 e. The molecule has 1 heteroatoms. The smallest absolute Gasteiger partial charge is 0.119 e. The molecule has 15 heavy (non-hydrogen) atoms. The van der Waals surface area contributed by atoms with Crippen molar-refractivity contribution in [3.8, 4) is 5.75 Å². The first-order valence-electron chi connectivity index (χ1n) is 5.48. The molecule has 0 N–H and O–H groups in total. The molecule has 0 aromatic heterocycles. The lowest BCUT2D eigenvalue weighted by Gasteiger charge is -2.03. The van der Waals surface area contributed by atoms with Crippen molar-refractivity contribution in [3.63, 3.8) is 0 Å². The molecular weight excluding hydrogens is 184 g/mol. The van der Waals surface area contributed by atoms with Gasteiger partial charge in [-0.25, -0.2) is 0 Å². The molecular formula is C14H20O. The van der Waals surface area contributed by atoms with Crippen LogP contribution in [0.2, 0.25) is 0 Å². The summed E-state index contributed by atoms with van der Waals surface area (Å²) < 4.78 is 5.19. The summed E-state index contributed by atoms with van der Waals surface area (Å²) in [6, 6.07) is 8.31. The third-order valence-corrected chi connectivity index (χ3v) is 2.36. The van der Waals surface area contributed by atoms with Crippen molar-refractivity contribution in [2.45, 2.75) is 33.1 Å². The second-order valence-corrected chi connectivity index (χ2v) is 4.03. The SMILES string of the molecule is COc1cccc(CCCC=C(C)C)c1. The normalized spacial score (nSPS) is 9.80. The van der Waals surface area contributed by atoms with E-state index in [-0.39, 0.29) is 0 Å². The van der Waals surface area contributed by atoms with Crippen LogP contribution in [0, 0.1) is 0 Å². The molecule has 0 heterocycles. The summed E-state index contributed by atoms with van der Waals surface area (Å²) in [5.74, 6) is 0.953. The van der Waals surface area contributed by atoms with Gasteiger partial charge in [0.15, 0.2) is 0 Å². The van der Waals surface area contributed by atoms with Crippen molar-refractivity contribution in [1.82, 2.24) is 0 Å². The monoisotopic (exact) mass is 204 g/mol. The highest BCUT2D eigenvalue weighted by molar-refractivity contribution is 5.28. The lowest BCUT2D eigenvalue weighted by Crippen LogP contribution is -1.87. The van der Waals surface area contributed by atoms with Crippen molar-refractivity contribution < 1.29 is 4.74 Å². The molecule has 0 atom stereocenters. The van der Waals surface area contributed by atoms with Crippen LogP contribution in [0.1, 0.15) is 32.3 Å². The molecule has 0 unspecified atom stereocenters. The van der Waals surface area contributed by atoms with Crippen LogP contribution in [0.5, 0.6) is 5.75 Å². The largest absolute Gasteiger partial charge is 0.497 e. The van der Waals surface area contributed by atoms with Gasteiger partial charge in [0.25, 0.3) is 0 Å². The van der Waals surface area contributed by atoms with Crippen LogP contribution in [0.4, 0.5) is 0 Å². The van der Waals surface area contributed by atoms with Crippen LogP contribution in [0.15, 0.2) is 35.9 Å². The van der Waals surface area contributed by atoms with Gasteiger partial charge in [-0.15, -0.1) is 0 Å². The zero-order valence-corrected chi connectivity index (χ0v) is 9.92. The van der Waals surface area contributed by atoms with Gasteiger partial charge >= 0.3 is 0 Å². The van der Waals surface area contributed by atoms with Gasteiger partial charge in [-0.2, -0.15) is 0 Å². The van der Waals surface area contributed by atoms with Crippen molar-refractivity contribution in [3.05, 3.63) is 41.5 Å². The summed E-state index contributed by atoms with van der Waals surface area (Å²) in [5.41, 5.74) is 2.76. The van der Waals surface area contributed by atoms with Crippen molar-refractivity contribution >= 4 is 0 Å². The van der Waals surface area contributed by atoms with Crippen LogP contribution < -0.4 is 4.74 Å². The Morgan fingerprint density at radius 1 is 1.33 bits per heavy atom. The lowest BCUT2D eigenvalue weighted by atomic mass is 10.1.